The first-order chi connectivity index (χ1) is 14.3. The number of nitrogens with one attached hydrogen (secondary N) is 1. The van der Waals surface area contributed by atoms with Crippen LogP contribution < -0.4 is 5.32 Å². The normalized spacial score (nSPS) is 21.0. The fourth-order valence-corrected chi connectivity index (χ4v) is 4.73. The lowest BCUT2D eigenvalue weighted by atomic mass is 10.0. The quantitative estimate of drug-likeness (QED) is 0.246. The van der Waals surface area contributed by atoms with Gasteiger partial charge in [0.1, 0.15) is 22.8 Å². The summed E-state index contributed by atoms with van der Waals surface area (Å²) in [5.74, 6) is -3.59. The highest BCUT2D eigenvalue weighted by Gasteiger charge is 2.54. The van der Waals surface area contributed by atoms with Crippen molar-refractivity contribution in [1.29, 1.82) is 0 Å². The number of oxime groups is 1. The molecule has 160 valence electrons. The first-order valence-corrected chi connectivity index (χ1v) is 10.3. The molecule has 0 radical (unpaired) electrons. The van der Waals surface area contributed by atoms with Gasteiger partial charge in [-0.25, -0.2) is 14.6 Å². The van der Waals surface area contributed by atoms with Gasteiger partial charge in [0.15, 0.2) is 5.71 Å². The molecule has 3 heterocycles. The Labute approximate surface area is 177 Å². The molecule has 2 atom stereocenters. The summed E-state index contributed by atoms with van der Waals surface area (Å²) in [6, 6.07) is -0.982. The largest absolute Gasteiger partial charge is 0.479 e. The third kappa shape index (κ3) is 4.29. The highest BCUT2D eigenvalue weighted by molar-refractivity contribution is 8.00. The molecule has 30 heavy (non-hydrogen) atoms. The molecular formula is C16H16N4O8S2. The Balaban J connectivity index is 1.76. The first kappa shape index (κ1) is 21.7. The number of carbonyl (C=O) groups excluding carboxylic acids is 2. The molecule has 0 saturated carbocycles. The van der Waals surface area contributed by atoms with Crippen molar-refractivity contribution in [2.24, 2.45) is 5.16 Å². The Hall–Kier alpha value is -2.97. The zero-order valence-corrected chi connectivity index (χ0v) is 17.1. The van der Waals surface area contributed by atoms with Gasteiger partial charge in [0.2, 0.25) is 6.61 Å². The lowest BCUT2D eigenvalue weighted by Gasteiger charge is -2.49. The zero-order chi connectivity index (χ0) is 21.8. The molecule has 1 fully saturated rings. The van der Waals surface area contributed by atoms with Crippen molar-refractivity contribution < 1.29 is 39.0 Å². The number of fused-ring (bicyclic) bond motifs is 1. The zero-order valence-electron chi connectivity index (χ0n) is 15.4. The number of amides is 2. The van der Waals surface area contributed by atoms with E-state index in [4.69, 9.17) is 9.84 Å². The molecular weight excluding hydrogens is 440 g/mol. The lowest BCUT2D eigenvalue weighted by molar-refractivity contribution is -0.150. The van der Waals surface area contributed by atoms with Crippen LogP contribution in [-0.2, 0) is 28.8 Å². The summed E-state index contributed by atoms with van der Waals surface area (Å²) < 4.78 is 5.00. The van der Waals surface area contributed by atoms with E-state index in [-0.39, 0.29) is 23.7 Å². The summed E-state index contributed by atoms with van der Waals surface area (Å²) in [5, 5.41) is 25.1. The molecule has 14 heteroatoms. The van der Waals surface area contributed by atoms with E-state index in [9.17, 15) is 24.3 Å². The van der Waals surface area contributed by atoms with Crippen molar-refractivity contribution in [3.63, 3.8) is 0 Å². The Morgan fingerprint density at radius 3 is 2.77 bits per heavy atom. The van der Waals surface area contributed by atoms with Gasteiger partial charge in [-0.1, -0.05) is 5.16 Å². The molecule has 2 aliphatic rings. The minimum absolute atomic E-state index is 0.0731. The maximum atomic E-state index is 12.7. The van der Waals surface area contributed by atoms with Crippen LogP contribution in [-0.4, -0.2) is 87.1 Å². The van der Waals surface area contributed by atoms with Gasteiger partial charge in [-0.2, -0.15) is 0 Å². The van der Waals surface area contributed by atoms with E-state index in [0.717, 1.165) is 4.90 Å². The van der Waals surface area contributed by atoms with Gasteiger partial charge >= 0.3 is 11.9 Å². The Morgan fingerprint density at radius 1 is 1.40 bits per heavy atom. The lowest BCUT2D eigenvalue weighted by Crippen LogP contribution is -2.71. The highest BCUT2D eigenvalue weighted by atomic mass is 32.2. The van der Waals surface area contributed by atoms with Crippen molar-refractivity contribution in [2.75, 3.05) is 26.1 Å². The molecule has 0 bridgehead atoms. The Bertz CT molecular complexity index is 930. The van der Waals surface area contributed by atoms with Crippen LogP contribution in [0.3, 0.4) is 0 Å². The van der Waals surface area contributed by atoms with E-state index in [1.54, 1.807) is 0 Å². The standard InChI is InChI=1S/C16H16N4O8S2/c1-27-2-7-4-30-15-11(14(24)20(15)12(7)16(25)26)18-13(23)10(8-5-29-6-17-8)19-28-3-9(21)22/h5-6,11,15H,2-4H2,1H3,(H,18,23)(H,21,22)(H,25,26)/t11?,15-/m1/s1. The molecule has 1 unspecified atom stereocenters. The van der Waals surface area contributed by atoms with E-state index >= 15 is 0 Å². The molecule has 3 rings (SSSR count). The van der Waals surface area contributed by atoms with E-state index in [2.05, 4.69) is 20.3 Å². The first-order valence-electron chi connectivity index (χ1n) is 8.35. The van der Waals surface area contributed by atoms with Crippen LogP contribution in [0.4, 0.5) is 0 Å². The number of nitrogens with zero attached hydrogens (tertiary/aromatic N) is 3. The van der Waals surface area contributed by atoms with Crippen LogP contribution in [0.25, 0.3) is 0 Å². The number of aromatic nitrogens is 1. The molecule has 0 aromatic carbocycles. The van der Waals surface area contributed by atoms with E-state index < -0.39 is 41.8 Å². The summed E-state index contributed by atoms with van der Waals surface area (Å²) in [6.45, 7) is -0.686. The van der Waals surface area contributed by atoms with Crippen LogP contribution in [0.2, 0.25) is 0 Å². The predicted octanol–water partition coefficient (Wildman–Crippen LogP) is -0.667. The average Bonchev–Trinajstić information content (AvgIpc) is 3.23. The van der Waals surface area contributed by atoms with Gasteiger partial charge in [0.25, 0.3) is 11.8 Å². The molecule has 0 spiro atoms. The Kier molecular flexibility index (Phi) is 6.69. The van der Waals surface area contributed by atoms with Crippen molar-refractivity contribution in [3.05, 3.63) is 27.9 Å². The number of thiazole rings is 1. The summed E-state index contributed by atoms with van der Waals surface area (Å²) >= 11 is 2.48. The van der Waals surface area contributed by atoms with E-state index in [1.807, 2.05) is 0 Å². The number of methoxy groups -OCH3 is 1. The van der Waals surface area contributed by atoms with Crippen molar-refractivity contribution >= 4 is 52.6 Å². The second kappa shape index (κ2) is 9.23. The number of carbonyl (C=O) groups is 4. The number of thioether (sulfide) groups is 1. The fourth-order valence-electron chi connectivity index (χ4n) is 2.86. The van der Waals surface area contributed by atoms with Gasteiger partial charge in [0.05, 0.1) is 12.1 Å². The minimum Gasteiger partial charge on any atom is -0.479 e. The molecule has 1 aromatic rings. The fraction of sp³-hybridized carbons (Fsp3) is 0.375. The Morgan fingerprint density at radius 2 is 2.17 bits per heavy atom. The molecule has 1 saturated heterocycles. The molecule has 0 aliphatic carbocycles. The van der Waals surface area contributed by atoms with E-state index in [1.165, 1.54) is 41.1 Å². The van der Waals surface area contributed by atoms with Crippen LogP contribution in [0.15, 0.2) is 27.3 Å². The van der Waals surface area contributed by atoms with Gasteiger partial charge < -0.3 is 25.1 Å². The number of rotatable bonds is 9. The average molecular weight is 456 g/mol. The van der Waals surface area contributed by atoms with Gasteiger partial charge in [-0.3, -0.25) is 14.5 Å². The van der Waals surface area contributed by atoms with Gasteiger partial charge in [0, 0.05) is 18.2 Å². The predicted molar refractivity (Wildman–Crippen MR) is 104 cm³/mol. The van der Waals surface area contributed by atoms with Crippen LogP contribution in [0, 0.1) is 0 Å². The summed E-state index contributed by atoms with van der Waals surface area (Å²) in [6.07, 6.45) is 0. The second-order valence-electron chi connectivity index (χ2n) is 6.03. The summed E-state index contributed by atoms with van der Waals surface area (Å²) in [4.78, 5) is 57.3. The molecule has 2 aliphatic heterocycles. The number of β-lactam (4-membered cyclic amide) rings is 1. The van der Waals surface area contributed by atoms with E-state index in [0.29, 0.717) is 11.3 Å². The molecule has 3 N–H and O–H groups in total. The minimum atomic E-state index is -1.28. The van der Waals surface area contributed by atoms with Crippen molar-refractivity contribution in [3.8, 4) is 0 Å². The highest BCUT2D eigenvalue weighted by Crippen LogP contribution is 2.40. The third-order valence-electron chi connectivity index (χ3n) is 4.09. The number of hydrogen-bond donors (Lipinski definition) is 3. The summed E-state index contributed by atoms with van der Waals surface area (Å²) in [7, 11) is 1.43. The topological polar surface area (TPSA) is 168 Å². The van der Waals surface area contributed by atoms with Crippen LogP contribution >= 0.6 is 23.1 Å². The van der Waals surface area contributed by atoms with Crippen molar-refractivity contribution in [2.45, 2.75) is 11.4 Å². The second-order valence-corrected chi connectivity index (χ2v) is 7.86. The monoisotopic (exact) mass is 456 g/mol. The number of carboxylic acid groups (broad SMARTS) is 2. The maximum Gasteiger partial charge on any atom is 0.352 e. The van der Waals surface area contributed by atoms with Gasteiger partial charge in [-0.15, -0.1) is 23.1 Å². The van der Waals surface area contributed by atoms with Crippen LogP contribution in [0.1, 0.15) is 5.69 Å². The van der Waals surface area contributed by atoms with Crippen LogP contribution in [0.5, 0.6) is 0 Å². The SMILES string of the molecule is COCC1=C(C(=O)O)N2C(=O)C(NC(=O)C(=NOCC(=O)O)c3cscn3)[C@H]2SC1. The smallest absolute Gasteiger partial charge is 0.352 e. The number of hydrogen-bond acceptors (Lipinski definition) is 10. The third-order valence-corrected chi connectivity index (χ3v) is 6.01. The molecule has 1 aromatic heterocycles. The van der Waals surface area contributed by atoms with Gasteiger partial charge in [-0.05, 0) is 5.57 Å². The maximum absolute atomic E-state index is 12.7. The number of aliphatic carboxylic acids is 2. The number of carboxylic acids is 2. The number of ether oxygens (including phenoxy) is 1. The molecule has 2 amide bonds. The van der Waals surface area contributed by atoms with Crippen molar-refractivity contribution in [1.82, 2.24) is 15.2 Å². The molecule has 12 nitrogen and oxygen atoms in total. The summed E-state index contributed by atoms with van der Waals surface area (Å²) in [5.41, 5.74) is 1.63.